The highest BCUT2D eigenvalue weighted by Crippen LogP contribution is 2.33. The van der Waals surface area contributed by atoms with Gasteiger partial charge in [-0.15, -0.1) is 0 Å². The van der Waals surface area contributed by atoms with Gasteiger partial charge in [-0.1, -0.05) is 30.3 Å². The van der Waals surface area contributed by atoms with Crippen LogP contribution in [-0.4, -0.2) is 15.3 Å². The third-order valence-electron chi connectivity index (χ3n) is 4.02. The van der Waals surface area contributed by atoms with E-state index in [0.29, 0.717) is 0 Å². The maximum Gasteiger partial charge on any atom is 0.228 e. The first-order chi connectivity index (χ1) is 10.7. The Balaban J connectivity index is 1.87. The lowest BCUT2D eigenvalue weighted by Gasteiger charge is -2.07. The Morgan fingerprint density at radius 2 is 2.00 bits per heavy atom. The topological polar surface area (TPSA) is 46.4 Å². The largest absolute Gasteiger partial charge is 0.310 e. The van der Waals surface area contributed by atoms with E-state index in [1.165, 1.54) is 0 Å². The van der Waals surface area contributed by atoms with Gasteiger partial charge in [-0.2, -0.15) is 0 Å². The highest BCUT2D eigenvalue weighted by molar-refractivity contribution is 5.97. The van der Waals surface area contributed by atoms with E-state index < -0.39 is 0 Å². The number of nitrogens with one attached hydrogen (secondary N) is 1. The van der Waals surface area contributed by atoms with Gasteiger partial charge in [0.1, 0.15) is 17.2 Å². The van der Waals surface area contributed by atoms with Crippen molar-refractivity contribution in [3.63, 3.8) is 0 Å². The molecule has 22 heavy (non-hydrogen) atoms. The standard InChI is InChI=1S/C18H17N3O/c1-12-9-10-21-15(11-12)19-16(13-5-3-2-4-6-13)17(21)20-18(22)14-7-8-14/h2-6,9-11,14H,7-8H2,1H3,(H,20,22). The molecule has 0 spiro atoms. The molecule has 3 aromatic rings. The van der Waals surface area contributed by atoms with Gasteiger partial charge in [0.05, 0.1) is 0 Å². The predicted molar refractivity (Wildman–Crippen MR) is 86.7 cm³/mol. The molecule has 0 bridgehead atoms. The molecule has 1 fully saturated rings. The highest BCUT2D eigenvalue weighted by atomic mass is 16.2. The Kier molecular flexibility index (Phi) is 2.96. The van der Waals surface area contributed by atoms with Crippen LogP contribution in [0.5, 0.6) is 0 Å². The van der Waals surface area contributed by atoms with Gasteiger partial charge < -0.3 is 5.32 Å². The summed E-state index contributed by atoms with van der Waals surface area (Å²) < 4.78 is 1.95. The predicted octanol–water partition coefficient (Wildman–Crippen LogP) is 3.66. The van der Waals surface area contributed by atoms with Crippen LogP contribution >= 0.6 is 0 Å². The average molecular weight is 291 g/mol. The molecule has 0 unspecified atom stereocenters. The molecule has 1 amide bonds. The van der Waals surface area contributed by atoms with Crippen LogP contribution in [0.2, 0.25) is 0 Å². The lowest BCUT2D eigenvalue weighted by molar-refractivity contribution is -0.117. The SMILES string of the molecule is Cc1ccn2c(NC(=O)C3CC3)c(-c3ccccc3)nc2c1. The van der Waals surface area contributed by atoms with Gasteiger partial charge in [-0.05, 0) is 37.5 Å². The number of pyridine rings is 1. The second-order valence-electron chi connectivity index (χ2n) is 5.87. The summed E-state index contributed by atoms with van der Waals surface area (Å²) in [6, 6.07) is 14.0. The molecule has 1 aliphatic rings. The van der Waals surface area contributed by atoms with Gasteiger partial charge in [0.25, 0.3) is 0 Å². The fourth-order valence-electron chi connectivity index (χ4n) is 2.63. The molecule has 4 nitrogen and oxygen atoms in total. The van der Waals surface area contributed by atoms with Gasteiger partial charge in [-0.3, -0.25) is 9.20 Å². The van der Waals surface area contributed by atoms with Crippen molar-refractivity contribution in [2.45, 2.75) is 19.8 Å². The average Bonchev–Trinajstić information content (AvgIpc) is 3.32. The van der Waals surface area contributed by atoms with Crippen molar-refractivity contribution >= 4 is 17.4 Å². The zero-order valence-electron chi connectivity index (χ0n) is 12.4. The van der Waals surface area contributed by atoms with E-state index >= 15 is 0 Å². The molecule has 2 heterocycles. The molecule has 0 atom stereocenters. The summed E-state index contributed by atoms with van der Waals surface area (Å²) in [6.45, 7) is 2.04. The number of carbonyl (C=O) groups excluding carboxylic acids is 1. The van der Waals surface area contributed by atoms with Crippen molar-refractivity contribution in [1.29, 1.82) is 0 Å². The number of anilines is 1. The molecule has 0 aliphatic heterocycles. The number of hydrogen-bond donors (Lipinski definition) is 1. The van der Waals surface area contributed by atoms with E-state index in [9.17, 15) is 4.79 Å². The minimum absolute atomic E-state index is 0.0968. The number of aromatic nitrogens is 2. The zero-order valence-corrected chi connectivity index (χ0v) is 12.4. The van der Waals surface area contributed by atoms with Crippen LogP contribution in [0.15, 0.2) is 48.7 Å². The normalized spacial score (nSPS) is 14.2. The van der Waals surface area contributed by atoms with Crippen molar-refractivity contribution in [3.05, 3.63) is 54.2 Å². The van der Waals surface area contributed by atoms with E-state index in [1.807, 2.05) is 60.0 Å². The third-order valence-corrected chi connectivity index (χ3v) is 4.02. The van der Waals surface area contributed by atoms with Crippen LogP contribution in [0.1, 0.15) is 18.4 Å². The van der Waals surface area contributed by atoms with E-state index in [1.54, 1.807) is 0 Å². The van der Waals surface area contributed by atoms with Gasteiger partial charge in [-0.25, -0.2) is 4.98 Å². The van der Waals surface area contributed by atoms with E-state index in [0.717, 1.165) is 41.1 Å². The van der Waals surface area contributed by atoms with Crippen LogP contribution in [0.4, 0.5) is 5.82 Å². The maximum absolute atomic E-state index is 12.2. The zero-order chi connectivity index (χ0) is 15.1. The smallest absolute Gasteiger partial charge is 0.228 e. The molecule has 4 heteroatoms. The van der Waals surface area contributed by atoms with Gasteiger partial charge >= 0.3 is 0 Å². The Morgan fingerprint density at radius 1 is 1.23 bits per heavy atom. The van der Waals surface area contributed by atoms with Gasteiger partial charge in [0, 0.05) is 17.7 Å². The fourth-order valence-corrected chi connectivity index (χ4v) is 2.63. The maximum atomic E-state index is 12.2. The van der Waals surface area contributed by atoms with Gasteiger partial charge in [0.15, 0.2) is 0 Å². The first kappa shape index (κ1) is 13.1. The number of benzene rings is 1. The van der Waals surface area contributed by atoms with Crippen LogP contribution < -0.4 is 5.32 Å². The monoisotopic (exact) mass is 291 g/mol. The lowest BCUT2D eigenvalue weighted by atomic mass is 10.1. The minimum Gasteiger partial charge on any atom is -0.310 e. The summed E-state index contributed by atoms with van der Waals surface area (Å²) in [4.78, 5) is 16.9. The molecule has 0 radical (unpaired) electrons. The molecule has 0 saturated heterocycles. The van der Waals surface area contributed by atoms with Crippen molar-refractivity contribution in [3.8, 4) is 11.3 Å². The van der Waals surface area contributed by atoms with Crippen LogP contribution in [0.25, 0.3) is 16.9 Å². The number of rotatable bonds is 3. The molecule has 2 aromatic heterocycles. The fraction of sp³-hybridized carbons (Fsp3) is 0.222. The molecule has 1 aliphatic carbocycles. The summed E-state index contributed by atoms with van der Waals surface area (Å²) in [5, 5.41) is 3.07. The number of nitrogens with zero attached hydrogens (tertiary/aromatic N) is 2. The van der Waals surface area contributed by atoms with Crippen molar-refractivity contribution in [2.24, 2.45) is 5.92 Å². The van der Waals surface area contributed by atoms with Crippen molar-refractivity contribution in [1.82, 2.24) is 9.38 Å². The minimum atomic E-state index is 0.0968. The lowest BCUT2D eigenvalue weighted by Crippen LogP contribution is -2.15. The molecule has 1 saturated carbocycles. The Hall–Kier alpha value is -2.62. The van der Waals surface area contributed by atoms with Crippen LogP contribution in [-0.2, 0) is 4.79 Å². The third kappa shape index (κ3) is 2.26. The Morgan fingerprint density at radius 3 is 2.73 bits per heavy atom. The second-order valence-corrected chi connectivity index (χ2v) is 5.87. The Bertz CT molecular complexity index is 847. The van der Waals surface area contributed by atoms with E-state index in [-0.39, 0.29) is 11.8 Å². The van der Waals surface area contributed by atoms with E-state index in [4.69, 9.17) is 4.98 Å². The highest BCUT2D eigenvalue weighted by Gasteiger charge is 2.31. The van der Waals surface area contributed by atoms with E-state index in [2.05, 4.69) is 5.32 Å². The number of aryl methyl sites for hydroxylation is 1. The number of fused-ring (bicyclic) bond motifs is 1. The molecule has 4 rings (SSSR count). The summed E-state index contributed by atoms with van der Waals surface area (Å²) in [5.74, 6) is 1.03. The van der Waals surface area contributed by atoms with Gasteiger partial charge in [0.2, 0.25) is 5.91 Å². The van der Waals surface area contributed by atoms with Crippen molar-refractivity contribution < 1.29 is 4.79 Å². The number of imidazole rings is 1. The molecule has 110 valence electrons. The summed E-state index contributed by atoms with van der Waals surface area (Å²) in [5.41, 5.74) is 3.83. The van der Waals surface area contributed by atoms with Crippen LogP contribution in [0, 0.1) is 12.8 Å². The first-order valence-electron chi connectivity index (χ1n) is 7.57. The molecular formula is C18H17N3O. The second kappa shape index (κ2) is 4.98. The summed E-state index contributed by atoms with van der Waals surface area (Å²) in [7, 11) is 0. The first-order valence-corrected chi connectivity index (χ1v) is 7.57. The number of carbonyl (C=O) groups is 1. The van der Waals surface area contributed by atoms with Crippen molar-refractivity contribution in [2.75, 3.05) is 5.32 Å². The number of amides is 1. The molecular weight excluding hydrogens is 274 g/mol. The summed E-state index contributed by atoms with van der Waals surface area (Å²) in [6.07, 6.45) is 3.94. The quantitative estimate of drug-likeness (QED) is 0.800. The number of hydrogen-bond acceptors (Lipinski definition) is 2. The molecule has 1 aromatic carbocycles. The Labute approximate surface area is 128 Å². The summed E-state index contributed by atoms with van der Waals surface area (Å²) >= 11 is 0. The molecule has 1 N–H and O–H groups in total. The van der Waals surface area contributed by atoms with Crippen LogP contribution in [0.3, 0.4) is 0 Å².